The second-order valence-corrected chi connectivity index (χ2v) is 13.6. The fourth-order valence-electron chi connectivity index (χ4n) is 6.09. The Morgan fingerprint density at radius 3 is 2.38 bits per heavy atom. The lowest BCUT2D eigenvalue weighted by Gasteiger charge is -2.44. The van der Waals surface area contributed by atoms with Gasteiger partial charge in [0.2, 0.25) is 5.91 Å². The van der Waals surface area contributed by atoms with Crippen molar-refractivity contribution in [2.45, 2.75) is 107 Å². The maximum atomic E-state index is 13.7. The van der Waals surface area contributed by atoms with Crippen molar-refractivity contribution in [2.24, 2.45) is 5.92 Å². The summed E-state index contributed by atoms with van der Waals surface area (Å²) in [4.78, 5) is 37.3. The van der Waals surface area contributed by atoms with Gasteiger partial charge in [0.25, 0.3) is 0 Å². The molecule has 0 bridgehead atoms. The first-order chi connectivity index (χ1) is 18.0. The number of nitrogens with one attached hydrogen (secondary N) is 1. The van der Waals surface area contributed by atoms with Crippen LogP contribution in [-0.2, 0) is 4.79 Å². The largest absolute Gasteiger partial charge is 0.343 e. The fraction of sp³-hybridized carbons (Fsp3) is 0.821. The Bertz CT molecular complexity index is 841. The van der Waals surface area contributed by atoms with Crippen molar-refractivity contribution >= 4 is 40.2 Å². The summed E-state index contributed by atoms with van der Waals surface area (Å²) in [5, 5.41) is 3.86. The quantitative estimate of drug-likeness (QED) is 0.365. The van der Waals surface area contributed by atoms with Crippen molar-refractivity contribution in [1.82, 2.24) is 19.7 Å². The summed E-state index contributed by atoms with van der Waals surface area (Å²) in [6.45, 7) is 9.46. The highest BCUT2D eigenvalue weighted by Crippen LogP contribution is 2.33. The van der Waals surface area contributed by atoms with Gasteiger partial charge in [-0.3, -0.25) is 10.1 Å². The molecule has 37 heavy (non-hydrogen) atoms. The van der Waals surface area contributed by atoms with Crippen LogP contribution in [0.15, 0.2) is 10.4 Å². The van der Waals surface area contributed by atoms with Gasteiger partial charge in [-0.25, -0.2) is 9.78 Å². The number of hydrogen-bond donors (Lipinski definition) is 1. The van der Waals surface area contributed by atoms with Crippen molar-refractivity contribution in [1.29, 1.82) is 0 Å². The van der Waals surface area contributed by atoms with E-state index in [2.05, 4.69) is 33.9 Å². The van der Waals surface area contributed by atoms with E-state index >= 15 is 0 Å². The van der Waals surface area contributed by atoms with Gasteiger partial charge in [-0.05, 0) is 76.8 Å². The molecule has 9 heteroatoms. The van der Waals surface area contributed by atoms with Crippen LogP contribution in [0.1, 0.15) is 90.9 Å². The molecule has 1 N–H and O–H groups in total. The summed E-state index contributed by atoms with van der Waals surface area (Å²) in [6.07, 6.45) is 15.0. The van der Waals surface area contributed by atoms with E-state index in [1.165, 1.54) is 55.8 Å². The number of aromatic nitrogens is 1. The van der Waals surface area contributed by atoms with Crippen LogP contribution in [0.4, 0.5) is 9.93 Å². The van der Waals surface area contributed by atoms with Crippen LogP contribution in [-0.4, -0.2) is 82.2 Å². The van der Waals surface area contributed by atoms with Crippen molar-refractivity contribution < 1.29 is 9.59 Å². The molecule has 3 aliphatic rings. The lowest BCUT2D eigenvalue weighted by molar-refractivity contribution is -0.132. The molecule has 1 aliphatic carbocycles. The second kappa shape index (κ2) is 14.7. The van der Waals surface area contributed by atoms with Crippen molar-refractivity contribution in [3.8, 4) is 0 Å². The van der Waals surface area contributed by atoms with Gasteiger partial charge in [-0.2, -0.15) is 0 Å². The van der Waals surface area contributed by atoms with Gasteiger partial charge in [0.05, 0.1) is 10.4 Å². The van der Waals surface area contributed by atoms with Crippen LogP contribution in [0.25, 0.3) is 0 Å². The van der Waals surface area contributed by atoms with Gasteiger partial charge < -0.3 is 14.7 Å². The van der Waals surface area contributed by atoms with Crippen molar-refractivity contribution in [3.05, 3.63) is 6.20 Å². The van der Waals surface area contributed by atoms with Crippen LogP contribution in [0.2, 0.25) is 0 Å². The standard InChI is InChI=1S/C28H47N5O2S2/c1-3-8-25(34)32-17-13-24(14-18-32)33(23-11-9-22(2)10-12-23)28(35)30-27-29-21-26(37-27)36-20-19-31-15-6-4-5-7-16-31/h21-24H,3-20H2,1-2H3,(H,29,30,35)/t22-,23-. The van der Waals surface area contributed by atoms with Gasteiger partial charge >= 0.3 is 6.03 Å². The highest BCUT2D eigenvalue weighted by molar-refractivity contribution is 8.01. The third kappa shape index (κ3) is 8.59. The van der Waals surface area contributed by atoms with Gasteiger partial charge in [-0.1, -0.05) is 38.0 Å². The first-order valence-corrected chi connectivity index (χ1v) is 16.5. The van der Waals surface area contributed by atoms with Gasteiger partial charge in [0.1, 0.15) is 0 Å². The summed E-state index contributed by atoms with van der Waals surface area (Å²) in [6, 6.07) is 0.460. The molecule has 4 rings (SSSR count). The summed E-state index contributed by atoms with van der Waals surface area (Å²) in [5.74, 6) is 2.06. The van der Waals surface area contributed by atoms with Crippen molar-refractivity contribution in [3.63, 3.8) is 0 Å². The Hall–Kier alpha value is -1.32. The van der Waals surface area contributed by atoms with E-state index in [1.807, 2.05) is 22.9 Å². The number of carbonyl (C=O) groups excluding carboxylic acids is 2. The molecule has 1 saturated carbocycles. The Labute approximate surface area is 232 Å². The molecular weight excluding hydrogens is 502 g/mol. The second-order valence-electron chi connectivity index (χ2n) is 11.2. The number of amides is 3. The van der Waals surface area contributed by atoms with Crippen molar-refractivity contribution in [2.75, 3.05) is 43.8 Å². The minimum Gasteiger partial charge on any atom is -0.343 e. The molecule has 2 saturated heterocycles. The van der Waals surface area contributed by atoms with Gasteiger partial charge in [-0.15, -0.1) is 11.8 Å². The summed E-state index contributed by atoms with van der Waals surface area (Å²) < 4.78 is 1.17. The zero-order valence-corrected chi connectivity index (χ0v) is 24.6. The molecule has 0 aromatic carbocycles. The van der Waals surface area contributed by atoms with E-state index in [1.54, 1.807) is 11.3 Å². The molecule has 1 aromatic heterocycles. The van der Waals surface area contributed by atoms with Crippen LogP contribution >= 0.6 is 23.1 Å². The molecule has 2 aliphatic heterocycles. The number of likely N-dealkylation sites (tertiary alicyclic amines) is 2. The predicted molar refractivity (Wildman–Crippen MR) is 155 cm³/mol. The first-order valence-electron chi connectivity index (χ1n) is 14.7. The predicted octanol–water partition coefficient (Wildman–Crippen LogP) is 6.31. The van der Waals surface area contributed by atoms with E-state index < -0.39 is 0 Å². The minimum atomic E-state index is -0.00615. The Balaban J connectivity index is 1.32. The summed E-state index contributed by atoms with van der Waals surface area (Å²) >= 11 is 3.45. The molecule has 0 unspecified atom stereocenters. The third-order valence-corrected chi connectivity index (χ3v) is 10.4. The average Bonchev–Trinajstić information content (AvgIpc) is 3.17. The molecule has 1 aromatic rings. The summed E-state index contributed by atoms with van der Waals surface area (Å²) in [7, 11) is 0. The third-order valence-electron chi connectivity index (χ3n) is 8.34. The maximum absolute atomic E-state index is 13.7. The van der Waals surface area contributed by atoms with Crippen LogP contribution in [0.5, 0.6) is 0 Å². The molecular formula is C28H47N5O2S2. The highest BCUT2D eigenvalue weighted by Gasteiger charge is 2.35. The minimum absolute atomic E-state index is 0.00615. The number of piperidine rings is 1. The zero-order chi connectivity index (χ0) is 26.0. The maximum Gasteiger partial charge on any atom is 0.324 e. The Morgan fingerprint density at radius 1 is 1.03 bits per heavy atom. The highest BCUT2D eigenvalue weighted by atomic mass is 32.2. The number of rotatable bonds is 9. The molecule has 0 atom stereocenters. The van der Waals surface area contributed by atoms with Gasteiger partial charge in [0, 0.05) is 43.9 Å². The number of urea groups is 1. The van der Waals surface area contributed by atoms with Crippen LogP contribution in [0, 0.1) is 5.92 Å². The van der Waals surface area contributed by atoms with E-state index in [9.17, 15) is 9.59 Å². The number of thioether (sulfide) groups is 1. The smallest absolute Gasteiger partial charge is 0.324 e. The molecule has 0 spiro atoms. The Kier molecular flexibility index (Phi) is 11.4. The Morgan fingerprint density at radius 2 is 1.70 bits per heavy atom. The average molecular weight is 550 g/mol. The normalized spacial score (nSPS) is 24.0. The fourth-order valence-corrected chi connectivity index (χ4v) is 8.03. The number of thiazole rings is 1. The number of nitrogens with zero attached hydrogens (tertiary/aromatic N) is 4. The molecule has 0 radical (unpaired) electrons. The number of hydrogen-bond acceptors (Lipinski definition) is 6. The van der Waals surface area contributed by atoms with Gasteiger partial charge in [0.15, 0.2) is 5.13 Å². The van der Waals surface area contributed by atoms with E-state index in [-0.39, 0.29) is 24.0 Å². The van der Waals surface area contributed by atoms with Crippen LogP contribution in [0.3, 0.4) is 0 Å². The summed E-state index contributed by atoms with van der Waals surface area (Å²) in [5.41, 5.74) is 0. The van der Waals surface area contributed by atoms with E-state index in [0.29, 0.717) is 11.6 Å². The molecule has 3 fully saturated rings. The molecule has 3 amide bonds. The van der Waals surface area contributed by atoms with E-state index in [4.69, 9.17) is 0 Å². The topological polar surface area (TPSA) is 68.8 Å². The van der Waals surface area contributed by atoms with E-state index in [0.717, 1.165) is 63.4 Å². The SMILES string of the molecule is CCCC(=O)N1CCC(N(C(=O)Nc2ncc(SCCN3CCCCCC3)s2)[C@H]2CC[C@H](C)CC2)CC1. The number of anilines is 1. The molecule has 7 nitrogen and oxygen atoms in total. The molecule has 208 valence electrons. The zero-order valence-electron chi connectivity index (χ0n) is 23.0. The lowest BCUT2D eigenvalue weighted by atomic mass is 9.85. The number of carbonyl (C=O) groups is 2. The monoisotopic (exact) mass is 549 g/mol. The van der Waals surface area contributed by atoms with Crippen LogP contribution < -0.4 is 5.32 Å². The molecule has 3 heterocycles. The lowest BCUT2D eigenvalue weighted by Crippen LogP contribution is -2.54. The first kappa shape index (κ1) is 28.7.